The van der Waals surface area contributed by atoms with Gasteiger partial charge in [-0.15, -0.1) is 15.3 Å². The van der Waals surface area contributed by atoms with E-state index in [9.17, 15) is 4.39 Å². The molecule has 3 aromatic heterocycles. The van der Waals surface area contributed by atoms with Crippen molar-refractivity contribution in [1.29, 1.82) is 0 Å². The van der Waals surface area contributed by atoms with Crippen LogP contribution in [0.1, 0.15) is 5.82 Å². The molecule has 0 aliphatic rings. The number of rotatable bonds is 4. The summed E-state index contributed by atoms with van der Waals surface area (Å²) in [7, 11) is 1.99. The van der Waals surface area contributed by atoms with Crippen LogP contribution in [0.25, 0.3) is 28.1 Å². The van der Waals surface area contributed by atoms with Crippen molar-refractivity contribution in [2.45, 2.75) is 6.54 Å². The van der Waals surface area contributed by atoms with Crippen LogP contribution in [0.4, 0.5) is 10.2 Å². The van der Waals surface area contributed by atoms with Gasteiger partial charge in [0.25, 0.3) is 0 Å². The highest BCUT2D eigenvalue weighted by Crippen LogP contribution is 2.21. The number of nitrogens with zero attached hydrogens (tertiary/aromatic N) is 6. The molecule has 1 N–H and O–H groups in total. The zero-order chi connectivity index (χ0) is 19.1. The van der Waals surface area contributed by atoms with Crippen LogP contribution in [0.3, 0.4) is 0 Å². The largest absolute Gasteiger partial charge is 0.361 e. The lowest BCUT2D eigenvalue weighted by Gasteiger charge is -2.07. The van der Waals surface area contributed by atoms with Gasteiger partial charge in [-0.1, -0.05) is 24.3 Å². The topological polar surface area (TPSA) is 72.9 Å². The van der Waals surface area contributed by atoms with Crippen molar-refractivity contribution in [3.05, 3.63) is 72.3 Å². The van der Waals surface area contributed by atoms with Gasteiger partial charge in [-0.3, -0.25) is 0 Å². The normalized spacial score (nSPS) is 11.4. The molecule has 0 amide bonds. The van der Waals surface area contributed by atoms with Crippen LogP contribution in [-0.4, -0.2) is 29.4 Å². The van der Waals surface area contributed by atoms with Crippen LogP contribution in [0, 0.1) is 5.82 Å². The van der Waals surface area contributed by atoms with Crippen LogP contribution >= 0.6 is 0 Å². The van der Waals surface area contributed by atoms with E-state index in [1.165, 1.54) is 10.6 Å². The summed E-state index contributed by atoms with van der Waals surface area (Å²) in [6, 6.07) is 18.0. The molecule has 2 aromatic carbocycles. The predicted molar refractivity (Wildman–Crippen MR) is 104 cm³/mol. The summed E-state index contributed by atoms with van der Waals surface area (Å²) in [5.74, 6) is 1.51. The summed E-state index contributed by atoms with van der Waals surface area (Å²) in [5.41, 5.74) is 2.93. The number of aromatic nitrogens is 6. The van der Waals surface area contributed by atoms with E-state index in [4.69, 9.17) is 0 Å². The molecule has 7 nitrogen and oxygen atoms in total. The second-order valence-corrected chi connectivity index (χ2v) is 6.42. The van der Waals surface area contributed by atoms with Gasteiger partial charge in [0.2, 0.25) is 0 Å². The Kier molecular flexibility index (Phi) is 3.75. The number of hydrogen-bond donors (Lipinski definition) is 1. The molecule has 3 heterocycles. The lowest BCUT2D eigenvalue weighted by molar-refractivity contribution is 0.629. The molecule has 0 radical (unpaired) electrons. The summed E-state index contributed by atoms with van der Waals surface area (Å²) >= 11 is 0. The van der Waals surface area contributed by atoms with E-state index in [1.807, 2.05) is 41.9 Å². The maximum atomic E-state index is 14.2. The van der Waals surface area contributed by atoms with Crippen LogP contribution in [0.5, 0.6) is 0 Å². The minimum absolute atomic E-state index is 0.356. The molecule has 0 unspecified atom stereocenters. The lowest BCUT2D eigenvalue weighted by Crippen LogP contribution is -2.08. The quantitative estimate of drug-likeness (QED) is 0.523. The summed E-state index contributed by atoms with van der Waals surface area (Å²) in [6.07, 6.45) is 0. The van der Waals surface area contributed by atoms with E-state index in [1.54, 1.807) is 24.3 Å². The van der Waals surface area contributed by atoms with Crippen molar-refractivity contribution >= 4 is 22.5 Å². The van der Waals surface area contributed by atoms with Crippen LogP contribution < -0.4 is 5.32 Å². The number of halogens is 1. The van der Waals surface area contributed by atoms with E-state index >= 15 is 0 Å². The second kappa shape index (κ2) is 6.41. The lowest BCUT2D eigenvalue weighted by atomic mass is 10.2. The third-order valence-electron chi connectivity index (χ3n) is 4.68. The maximum absolute atomic E-state index is 14.2. The molecule has 5 rings (SSSR count). The van der Waals surface area contributed by atoms with E-state index in [2.05, 4.69) is 25.6 Å². The zero-order valence-electron chi connectivity index (χ0n) is 15.0. The first kappa shape index (κ1) is 16.4. The van der Waals surface area contributed by atoms with Gasteiger partial charge >= 0.3 is 0 Å². The fourth-order valence-corrected chi connectivity index (χ4v) is 3.22. The smallest absolute Gasteiger partial charge is 0.188 e. The molecule has 0 fully saturated rings. The summed E-state index contributed by atoms with van der Waals surface area (Å²) in [6.45, 7) is 0.501. The van der Waals surface area contributed by atoms with Gasteiger partial charge in [0.15, 0.2) is 11.5 Å². The zero-order valence-corrected chi connectivity index (χ0v) is 15.0. The molecule has 0 saturated carbocycles. The Labute approximate surface area is 159 Å². The Morgan fingerprint density at radius 2 is 1.79 bits per heavy atom. The minimum atomic E-state index is -0.364. The molecular formula is C20H16FN7. The minimum Gasteiger partial charge on any atom is -0.361 e. The van der Waals surface area contributed by atoms with Crippen LogP contribution in [-0.2, 0) is 13.6 Å². The molecular weight excluding hydrogens is 357 g/mol. The van der Waals surface area contributed by atoms with Gasteiger partial charge in [-0.05, 0) is 36.4 Å². The maximum Gasteiger partial charge on any atom is 0.188 e. The first-order chi connectivity index (χ1) is 13.7. The molecule has 0 aliphatic heterocycles. The highest BCUT2D eigenvalue weighted by atomic mass is 19.1. The number of para-hydroxylation sites is 2. The molecule has 138 valence electrons. The van der Waals surface area contributed by atoms with Gasteiger partial charge < -0.3 is 9.88 Å². The van der Waals surface area contributed by atoms with E-state index in [0.717, 1.165) is 16.9 Å². The monoisotopic (exact) mass is 373 g/mol. The summed E-state index contributed by atoms with van der Waals surface area (Å²) < 4.78 is 17.7. The number of benzene rings is 2. The molecule has 0 saturated heterocycles. The van der Waals surface area contributed by atoms with Crippen molar-refractivity contribution in [2.24, 2.45) is 7.05 Å². The van der Waals surface area contributed by atoms with Gasteiger partial charge in [0.05, 0.1) is 23.1 Å². The molecule has 5 aromatic rings. The number of hydrogen-bond acceptors (Lipinski definition) is 5. The first-order valence-electron chi connectivity index (χ1n) is 8.82. The highest BCUT2D eigenvalue weighted by Gasteiger charge is 2.14. The van der Waals surface area contributed by atoms with E-state index in [0.29, 0.717) is 29.4 Å². The predicted octanol–water partition coefficient (Wildman–Crippen LogP) is 3.43. The van der Waals surface area contributed by atoms with Crippen molar-refractivity contribution in [3.63, 3.8) is 0 Å². The Hall–Kier alpha value is -3.81. The fraction of sp³-hybridized carbons (Fsp3) is 0.100. The van der Waals surface area contributed by atoms with Crippen LogP contribution in [0.15, 0.2) is 60.7 Å². The van der Waals surface area contributed by atoms with Gasteiger partial charge in [0, 0.05) is 7.05 Å². The molecule has 0 bridgehead atoms. The van der Waals surface area contributed by atoms with Gasteiger partial charge in [-0.25, -0.2) is 9.37 Å². The third kappa shape index (κ3) is 2.66. The third-order valence-corrected chi connectivity index (χ3v) is 4.68. The van der Waals surface area contributed by atoms with E-state index in [-0.39, 0.29) is 5.82 Å². The Bertz CT molecular complexity index is 1300. The SMILES string of the molecule is Cn1c(CNc2ccc3nnc(-c4ccccc4F)n3n2)nc2ccccc21. The molecule has 8 heteroatoms. The molecule has 28 heavy (non-hydrogen) atoms. The number of imidazole rings is 1. The second-order valence-electron chi connectivity index (χ2n) is 6.42. The standard InChI is InChI=1S/C20H16FN7/c1-27-16-9-5-4-8-15(16)23-19(27)12-22-17-10-11-18-24-25-20(28(18)26-17)13-6-2-3-7-14(13)21/h2-11H,12H2,1H3,(H,22,26). The van der Waals surface area contributed by atoms with Crippen molar-refractivity contribution < 1.29 is 4.39 Å². The number of aryl methyl sites for hydroxylation is 1. The number of anilines is 1. The molecule has 0 aliphatic carbocycles. The molecule has 0 atom stereocenters. The first-order valence-corrected chi connectivity index (χ1v) is 8.82. The Morgan fingerprint density at radius 1 is 0.964 bits per heavy atom. The average molecular weight is 373 g/mol. The average Bonchev–Trinajstić information content (AvgIpc) is 3.28. The van der Waals surface area contributed by atoms with Crippen molar-refractivity contribution in [3.8, 4) is 11.4 Å². The highest BCUT2D eigenvalue weighted by molar-refractivity contribution is 5.75. The fourth-order valence-electron chi connectivity index (χ4n) is 3.22. The van der Waals surface area contributed by atoms with Crippen molar-refractivity contribution in [1.82, 2.24) is 29.4 Å². The number of fused-ring (bicyclic) bond motifs is 2. The van der Waals surface area contributed by atoms with Crippen molar-refractivity contribution in [2.75, 3.05) is 5.32 Å². The van der Waals surface area contributed by atoms with Crippen LogP contribution in [0.2, 0.25) is 0 Å². The molecule has 0 spiro atoms. The van der Waals surface area contributed by atoms with Gasteiger partial charge in [0.1, 0.15) is 17.5 Å². The Balaban J connectivity index is 1.47. The van der Waals surface area contributed by atoms with Gasteiger partial charge in [-0.2, -0.15) is 4.52 Å². The summed E-state index contributed by atoms with van der Waals surface area (Å²) in [5, 5.41) is 16.0. The van der Waals surface area contributed by atoms with E-state index < -0.39 is 0 Å². The Morgan fingerprint density at radius 3 is 2.64 bits per heavy atom. The summed E-state index contributed by atoms with van der Waals surface area (Å²) in [4.78, 5) is 4.65. The number of nitrogens with one attached hydrogen (secondary N) is 1.